The second-order valence-electron chi connectivity index (χ2n) is 6.39. The normalized spacial score (nSPS) is 11.5. The van der Waals surface area contributed by atoms with Crippen molar-refractivity contribution in [1.29, 1.82) is 0 Å². The molecule has 0 aliphatic carbocycles. The van der Waals surface area contributed by atoms with E-state index in [0.29, 0.717) is 16.0 Å². The number of nitrogens with zero attached hydrogens (tertiary/aromatic N) is 4. The number of hydrogen-bond donors (Lipinski definition) is 1. The van der Waals surface area contributed by atoms with Crippen LogP contribution < -0.4 is 5.43 Å². The molecule has 1 amide bonds. The first-order chi connectivity index (χ1) is 14.1. The molecule has 3 rings (SSSR count). The second-order valence-corrected chi connectivity index (χ2v) is 7.77. The lowest BCUT2D eigenvalue weighted by Gasteiger charge is -2.06. The number of amides is 1. The molecule has 29 heavy (non-hydrogen) atoms. The van der Waals surface area contributed by atoms with E-state index in [-0.39, 0.29) is 11.7 Å². The highest BCUT2D eigenvalue weighted by molar-refractivity contribution is 7.99. The van der Waals surface area contributed by atoms with Crippen LogP contribution in [0, 0.1) is 0 Å². The van der Waals surface area contributed by atoms with Crippen molar-refractivity contribution < 1.29 is 4.79 Å². The number of hydrazone groups is 1. The Hall–Kier alpha value is -2.64. The van der Waals surface area contributed by atoms with Gasteiger partial charge in [-0.15, -0.1) is 10.2 Å². The molecular weight excluding hydrogens is 406 g/mol. The Morgan fingerprint density at radius 3 is 2.69 bits per heavy atom. The summed E-state index contributed by atoms with van der Waals surface area (Å²) in [6, 6.07) is 17.5. The van der Waals surface area contributed by atoms with Crippen LogP contribution in [0.1, 0.15) is 18.9 Å². The van der Waals surface area contributed by atoms with E-state index in [0.717, 1.165) is 24.1 Å². The zero-order valence-electron chi connectivity index (χ0n) is 16.3. The fourth-order valence-electron chi connectivity index (χ4n) is 2.70. The number of aromatic nitrogens is 3. The third kappa shape index (κ3) is 5.92. The number of carbonyl (C=O) groups excluding carboxylic acids is 1. The van der Waals surface area contributed by atoms with E-state index in [4.69, 9.17) is 11.6 Å². The maximum absolute atomic E-state index is 12.2. The molecule has 0 spiro atoms. The lowest BCUT2D eigenvalue weighted by molar-refractivity contribution is -0.118. The van der Waals surface area contributed by atoms with Crippen LogP contribution in [-0.2, 0) is 18.3 Å². The summed E-state index contributed by atoms with van der Waals surface area (Å²) in [6.45, 7) is 2.03. The highest BCUT2D eigenvalue weighted by Gasteiger charge is 2.13. The number of benzene rings is 2. The predicted molar refractivity (Wildman–Crippen MR) is 118 cm³/mol. The topological polar surface area (TPSA) is 72.2 Å². The Morgan fingerprint density at radius 1 is 1.17 bits per heavy atom. The molecule has 0 saturated carbocycles. The molecule has 0 bridgehead atoms. The molecule has 0 aliphatic heterocycles. The van der Waals surface area contributed by atoms with Gasteiger partial charge in [0.25, 0.3) is 5.91 Å². The summed E-state index contributed by atoms with van der Waals surface area (Å²) >= 11 is 7.37. The first-order valence-electron chi connectivity index (χ1n) is 9.23. The predicted octanol–water partition coefficient (Wildman–Crippen LogP) is 4.35. The van der Waals surface area contributed by atoms with Gasteiger partial charge < -0.3 is 4.57 Å². The smallest absolute Gasteiger partial charge is 0.250 e. The summed E-state index contributed by atoms with van der Waals surface area (Å²) in [5.41, 5.74) is 5.62. The van der Waals surface area contributed by atoms with Crippen molar-refractivity contribution in [2.75, 3.05) is 5.75 Å². The zero-order chi connectivity index (χ0) is 20.6. The number of halogens is 1. The minimum Gasteiger partial charge on any atom is -0.305 e. The van der Waals surface area contributed by atoms with Crippen LogP contribution in [0.5, 0.6) is 0 Å². The van der Waals surface area contributed by atoms with Crippen LogP contribution in [0.15, 0.2) is 64.9 Å². The van der Waals surface area contributed by atoms with Gasteiger partial charge >= 0.3 is 0 Å². The third-order valence-electron chi connectivity index (χ3n) is 4.25. The minimum absolute atomic E-state index is 0.179. The summed E-state index contributed by atoms with van der Waals surface area (Å²) in [7, 11) is 1.86. The van der Waals surface area contributed by atoms with Crippen molar-refractivity contribution >= 4 is 35.0 Å². The van der Waals surface area contributed by atoms with Gasteiger partial charge in [-0.1, -0.05) is 72.8 Å². The van der Waals surface area contributed by atoms with E-state index in [2.05, 4.69) is 32.9 Å². The Balaban J connectivity index is 1.56. The number of hydrogen-bond acceptors (Lipinski definition) is 5. The fourth-order valence-corrected chi connectivity index (χ4v) is 3.59. The van der Waals surface area contributed by atoms with Gasteiger partial charge in [-0.2, -0.15) is 5.10 Å². The summed E-state index contributed by atoms with van der Waals surface area (Å²) in [5, 5.41) is 14.0. The quantitative estimate of drug-likeness (QED) is 0.329. The molecule has 1 aromatic heterocycles. The largest absolute Gasteiger partial charge is 0.305 e. The standard InChI is InChI=1S/C21H22ClN5OS/c1-3-18(12-15-8-5-4-6-9-15)23-24-19(28)14-29-21-26-25-20(27(21)2)16-10-7-11-17(22)13-16/h4-11,13H,3,12,14H2,1-2H3,(H,24,28)/b23-18+. The average molecular weight is 428 g/mol. The monoisotopic (exact) mass is 427 g/mol. The SMILES string of the molecule is CC/C(Cc1ccccc1)=N\NC(=O)CSc1nnc(-c2cccc(Cl)c2)n1C. The molecule has 0 radical (unpaired) electrons. The van der Waals surface area contributed by atoms with Crippen molar-refractivity contribution in [3.63, 3.8) is 0 Å². The third-order valence-corrected chi connectivity index (χ3v) is 5.50. The fraction of sp³-hybridized carbons (Fsp3) is 0.238. The average Bonchev–Trinajstić information content (AvgIpc) is 3.10. The van der Waals surface area contributed by atoms with Crippen LogP contribution in [0.4, 0.5) is 0 Å². The van der Waals surface area contributed by atoms with Crippen molar-refractivity contribution in [2.45, 2.75) is 24.9 Å². The first kappa shape index (κ1) is 21.1. The lowest BCUT2D eigenvalue weighted by Crippen LogP contribution is -2.22. The molecule has 0 saturated heterocycles. The number of rotatable bonds is 8. The molecule has 0 atom stereocenters. The first-order valence-corrected chi connectivity index (χ1v) is 10.6. The maximum Gasteiger partial charge on any atom is 0.250 e. The Bertz CT molecular complexity index is 1000. The zero-order valence-corrected chi connectivity index (χ0v) is 17.9. The molecular formula is C21H22ClN5OS. The Kier molecular flexibility index (Phi) is 7.43. The summed E-state index contributed by atoms with van der Waals surface area (Å²) in [5.74, 6) is 0.721. The minimum atomic E-state index is -0.179. The van der Waals surface area contributed by atoms with Gasteiger partial charge in [0.1, 0.15) is 0 Å². The molecule has 3 aromatic rings. The van der Waals surface area contributed by atoms with Crippen molar-refractivity contribution in [3.8, 4) is 11.4 Å². The van der Waals surface area contributed by atoms with Crippen LogP contribution >= 0.6 is 23.4 Å². The van der Waals surface area contributed by atoms with E-state index >= 15 is 0 Å². The molecule has 1 heterocycles. The van der Waals surface area contributed by atoms with Gasteiger partial charge in [0.05, 0.1) is 5.75 Å². The summed E-state index contributed by atoms with van der Waals surface area (Å²) in [4.78, 5) is 12.2. The van der Waals surface area contributed by atoms with Crippen molar-refractivity contribution in [2.24, 2.45) is 12.1 Å². The number of nitrogens with one attached hydrogen (secondary N) is 1. The number of carbonyl (C=O) groups is 1. The molecule has 6 nitrogen and oxygen atoms in total. The Morgan fingerprint density at radius 2 is 1.97 bits per heavy atom. The van der Waals surface area contributed by atoms with Crippen LogP contribution in [-0.4, -0.2) is 32.1 Å². The van der Waals surface area contributed by atoms with Gasteiger partial charge in [-0.3, -0.25) is 4.79 Å². The van der Waals surface area contributed by atoms with Crippen molar-refractivity contribution in [1.82, 2.24) is 20.2 Å². The Labute approximate surface area is 179 Å². The maximum atomic E-state index is 12.2. The van der Waals surface area contributed by atoms with E-state index in [1.807, 2.05) is 61.0 Å². The molecule has 1 N–H and O–H groups in total. The molecule has 2 aromatic carbocycles. The van der Waals surface area contributed by atoms with E-state index in [9.17, 15) is 4.79 Å². The highest BCUT2D eigenvalue weighted by atomic mass is 35.5. The second kappa shape index (κ2) is 10.2. The molecule has 0 aliphatic rings. The highest BCUT2D eigenvalue weighted by Crippen LogP contribution is 2.24. The van der Waals surface area contributed by atoms with Gasteiger partial charge in [-0.25, -0.2) is 5.43 Å². The molecule has 150 valence electrons. The van der Waals surface area contributed by atoms with E-state index in [1.165, 1.54) is 17.3 Å². The summed E-state index contributed by atoms with van der Waals surface area (Å²) < 4.78 is 1.85. The van der Waals surface area contributed by atoms with Gasteiger partial charge in [-0.05, 0) is 24.1 Å². The molecule has 8 heteroatoms. The van der Waals surface area contributed by atoms with Crippen LogP contribution in [0.3, 0.4) is 0 Å². The lowest BCUT2D eigenvalue weighted by atomic mass is 10.1. The van der Waals surface area contributed by atoms with Crippen molar-refractivity contribution in [3.05, 3.63) is 65.2 Å². The van der Waals surface area contributed by atoms with E-state index in [1.54, 1.807) is 0 Å². The van der Waals surface area contributed by atoms with Crippen LogP contribution in [0.2, 0.25) is 5.02 Å². The van der Waals surface area contributed by atoms with Gasteiger partial charge in [0.15, 0.2) is 11.0 Å². The number of thioether (sulfide) groups is 1. The van der Waals surface area contributed by atoms with Gasteiger partial charge in [0.2, 0.25) is 0 Å². The molecule has 0 fully saturated rings. The molecule has 0 unspecified atom stereocenters. The van der Waals surface area contributed by atoms with Crippen LogP contribution in [0.25, 0.3) is 11.4 Å². The van der Waals surface area contributed by atoms with Gasteiger partial charge in [0, 0.05) is 29.8 Å². The van der Waals surface area contributed by atoms with E-state index < -0.39 is 0 Å². The summed E-state index contributed by atoms with van der Waals surface area (Å²) in [6.07, 6.45) is 1.49.